The SMILES string of the molecule is CCCN1C(N)=NCC1c1cnn(CC)c1. The molecule has 5 heteroatoms. The van der Waals surface area contributed by atoms with E-state index < -0.39 is 0 Å². The molecule has 1 atom stereocenters. The minimum absolute atomic E-state index is 0.278. The molecule has 5 nitrogen and oxygen atoms in total. The van der Waals surface area contributed by atoms with Crippen molar-refractivity contribution in [2.24, 2.45) is 10.7 Å². The zero-order valence-corrected chi connectivity index (χ0v) is 9.93. The molecule has 0 bridgehead atoms. The first-order valence-electron chi connectivity index (χ1n) is 5.85. The van der Waals surface area contributed by atoms with Crippen molar-refractivity contribution in [2.75, 3.05) is 13.1 Å². The third kappa shape index (κ3) is 1.89. The largest absolute Gasteiger partial charge is 0.370 e. The molecule has 1 unspecified atom stereocenters. The van der Waals surface area contributed by atoms with Gasteiger partial charge in [-0.3, -0.25) is 9.67 Å². The van der Waals surface area contributed by atoms with Crippen LogP contribution in [0, 0.1) is 0 Å². The average Bonchev–Trinajstić information content (AvgIpc) is 2.87. The lowest BCUT2D eigenvalue weighted by Gasteiger charge is -2.24. The van der Waals surface area contributed by atoms with E-state index in [9.17, 15) is 0 Å². The summed E-state index contributed by atoms with van der Waals surface area (Å²) in [6.07, 6.45) is 5.08. The van der Waals surface area contributed by atoms with Gasteiger partial charge in [-0.05, 0) is 13.3 Å². The molecule has 2 heterocycles. The molecule has 0 aliphatic carbocycles. The number of rotatable bonds is 4. The van der Waals surface area contributed by atoms with Crippen LogP contribution in [0.2, 0.25) is 0 Å². The Kier molecular flexibility index (Phi) is 3.12. The van der Waals surface area contributed by atoms with Crippen molar-refractivity contribution >= 4 is 5.96 Å². The lowest BCUT2D eigenvalue weighted by atomic mass is 10.1. The lowest BCUT2D eigenvalue weighted by molar-refractivity contribution is 0.347. The maximum Gasteiger partial charge on any atom is 0.191 e. The van der Waals surface area contributed by atoms with Gasteiger partial charge in [-0.15, -0.1) is 0 Å². The minimum Gasteiger partial charge on any atom is -0.370 e. The fourth-order valence-corrected chi connectivity index (χ4v) is 2.05. The first-order chi connectivity index (χ1) is 7.76. The van der Waals surface area contributed by atoms with E-state index in [1.54, 1.807) is 0 Å². The van der Waals surface area contributed by atoms with Crippen LogP contribution in [-0.2, 0) is 6.54 Å². The molecule has 2 N–H and O–H groups in total. The highest BCUT2D eigenvalue weighted by Gasteiger charge is 2.27. The summed E-state index contributed by atoms with van der Waals surface area (Å²) in [4.78, 5) is 6.48. The van der Waals surface area contributed by atoms with Gasteiger partial charge in [0.2, 0.25) is 0 Å². The number of aromatic nitrogens is 2. The maximum absolute atomic E-state index is 5.88. The molecule has 0 spiro atoms. The average molecular weight is 221 g/mol. The van der Waals surface area contributed by atoms with Crippen molar-refractivity contribution in [1.29, 1.82) is 0 Å². The third-order valence-electron chi connectivity index (χ3n) is 2.92. The van der Waals surface area contributed by atoms with Crippen molar-refractivity contribution in [3.8, 4) is 0 Å². The zero-order valence-electron chi connectivity index (χ0n) is 9.93. The third-order valence-corrected chi connectivity index (χ3v) is 2.92. The summed E-state index contributed by atoms with van der Waals surface area (Å²) in [5.74, 6) is 0.663. The van der Waals surface area contributed by atoms with Gasteiger partial charge in [-0.2, -0.15) is 5.10 Å². The summed E-state index contributed by atoms with van der Waals surface area (Å²) in [7, 11) is 0. The van der Waals surface area contributed by atoms with Gasteiger partial charge in [0.1, 0.15) is 0 Å². The molecule has 1 aliphatic rings. The number of hydrogen-bond donors (Lipinski definition) is 1. The predicted molar refractivity (Wildman–Crippen MR) is 64.1 cm³/mol. The number of aryl methyl sites for hydroxylation is 1. The Balaban J connectivity index is 2.15. The Bertz CT molecular complexity index is 381. The Morgan fingerprint density at radius 2 is 2.31 bits per heavy atom. The normalized spacial score (nSPS) is 20.2. The molecule has 16 heavy (non-hydrogen) atoms. The molecule has 0 amide bonds. The molecule has 1 aromatic rings. The second-order valence-corrected chi connectivity index (χ2v) is 4.04. The molecule has 0 fully saturated rings. The van der Waals surface area contributed by atoms with Gasteiger partial charge in [0.25, 0.3) is 0 Å². The molecule has 0 saturated carbocycles. The van der Waals surface area contributed by atoms with Crippen molar-refractivity contribution in [3.63, 3.8) is 0 Å². The summed E-state index contributed by atoms with van der Waals surface area (Å²) >= 11 is 0. The van der Waals surface area contributed by atoms with Crippen LogP contribution < -0.4 is 5.73 Å². The zero-order chi connectivity index (χ0) is 11.5. The van der Waals surface area contributed by atoms with E-state index in [-0.39, 0.29) is 6.04 Å². The molecule has 88 valence electrons. The summed E-state index contributed by atoms with van der Waals surface area (Å²) in [5.41, 5.74) is 7.09. The molecule has 0 aromatic carbocycles. The predicted octanol–water partition coefficient (Wildman–Crippen LogP) is 0.984. The summed E-state index contributed by atoms with van der Waals surface area (Å²) < 4.78 is 1.94. The summed E-state index contributed by atoms with van der Waals surface area (Å²) in [6.45, 7) is 6.84. The van der Waals surface area contributed by atoms with Crippen LogP contribution in [0.4, 0.5) is 0 Å². The number of guanidine groups is 1. The van der Waals surface area contributed by atoms with Gasteiger partial charge in [0.05, 0.1) is 18.8 Å². The fourth-order valence-electron chi connectivity index (χ4n) is 2.05. The Morgan fingerprint density at radius 3 is 2.94 bits per heavy atom. The summed E-state index contributed by atoms with van der Waals surface area (Å²) in [6, 6.07) is 0.278. The van der Waals surface area contributed by atoms with Crippen LogP contribution in [0.5, 0.6) is 0 Å². The van der Waals surface area contributed by atoms with Crippen LogP contribution in [0.1, 0.15) is 31.9 Å². The Morgan fingerprint density at radius 1 is 1.50 bits per heavy atom. The summed E-state index contributed by atoms with van der Waals surface area (Å²) in [5, 5.41) is 4.30. The van der Waals surface area contributed by atoms with Gasteiger partial charge in [-0.25, -0.2) is 0 Å². The van der Waals surface area contributed by atoms with Gasteiger partial charge >= 0.3 is 0 Å². The Hall–Kier alpha value is -1.52. The van der Waals surface area contributed by atoms with Crippen molar-refractivity contribution < 1.29 is 0 Å². The monoisotopic (exact) mass is 221 g/mol. The fraction of sp³-hybridized carbons (Fsp3) is 0.636. The van der Waals surface area contributed by atoms with Crippen LogP contribution in [0.15, 0.2) is 17.4 Å². The quantitative estimate of drug-likeness (QED) is 0.824. The first kappa shape index (κ1) is 11.0. The highest BCUT2D eigenvalue weighted by molar-refractivity contribution is 5.80. The van der Waals surface area contributed by atoms with Gasteiger partial charge < -0.3 is 10.6 Å². The number of hydrogen-bond acceptors (Lipinski definition) is 4. The second-order valence-electron chi connectivity index (χ2n) is 4.04. The van der Waals surface area contributed by atoms with Crippen LogP contribution in [0.25, 0.3) is 0 Å². The van der Waals surface area contributed by atoms with E-state index in [2.05, 4.69) is 35.0 Å². The smallest absolute Gasteiger partial charge is 0.191 e. The number of nitrogens with zero attached hydrogens (tertiary/aromatic N) is 4. The number of aliphatic imine (C=N–C) groups is 1. The highest BCUT2D eigenvalue weighted by atomic mass is 15.3. The van der Waals surface area contributed by atoms with Gasteiger partial charge in [0, 0.05) is 24.8 Å². The molecule has 2 rings (SSSR count). The maximum atomic E-state index is 5.88. The van der Waals surface area contributed by atoms with Crippen LogP contribution in [-0.4, -0.2) is 33.7 Å². The topological polar surface area (TPSA) is 59.4 Å². The standard InChI is InChI=1S/C11H19N5/c1-3-5-16-10(7-13-11(16)12)9-6-14-15(4-2)8-9/h6,8,10H,3-5,7H2,1-2H3,(H2,12,13). The second kappa shape index (κ2) is 4.55. The minimum atomic E-state index is 0.278. The van der Waals surface area contributed by atoms with Gasteiger partial charge in [-0.1, -0.05) is 6.92 Å². The van der Waals surface area contributed by atoms with E-state index in [4.69, 9.17) is 5.73 Å². The van der Waals surface area contributed by atoms with E-state index in [1.165, 1.54) is 5.56 Å². The van der Waals surface area contributed by atoms with E-state index in [0.29, 0.717) is 5.96 Å². The van der Waals surface area contributed by atoms with E-state index in [0.717, 1.165) is 26.1 Å². The molecular formula is C11H19N5. The molecule has 0 saturated heterocycles. The highest BCUT2D eigenvalue weighted by Crippen LogP contribution is 2.24. The molecule has 1 aliphatic heterocycles. The van der Waals surface area contributed by atoms with Crippen molar-refractivity contribution in [1.82, 2.24) is 14.7 Å². The van der Waals surface area contributed by atoms with Gasteiger partial charge in [0.15, 0.2) is 5.96 Å². The Labute approximate surface area is 95.9 Å². The number of nitrogens with two attached hydrogens (primary N) is 1. The molecular weight excluding hydrogens is 202 g/mol. The van der Waals surface area contributed by atoms with E-state index in [1.807, 2.05) is 10.9 Å². The van der Waals surface area contributed by atoms with Crippen molar-refractivity contribution in [3.05, 3.63) is 18.0 Å². The van der Waals surface area contributed by atoms with E-state index >= 15 is 0 Å². The molecule has 1 aromatic heterocycles. The molecule has 0 radical (unpaired) electrons. The first-order valence-corrected chi connectivity index (χ1v) is 5.85. The lowest BCUT2D eigenvalue weighted by Crippen LogP contribution is -2.36. The van der Waals surface area contributed by atoms with Crippen molar-refractivity contribution in [2.45, 2.75) is 32.9 Å². The van der Waals surface area contributed by atoms with Crippen LogP contribution in [0.3, 0.4) is 0 Å². The van der Waals surface area contributed by atoms with Crippen LogP contribution >= 0.6 is 0 Å².